The molecular weight excluding hydrogens is 416 g/mol. The van der Waals surface area contributed by atoms with E-state index in [9.17, 15) is 18.0 Å². The topological polar surface area (TPSA) is 113 Å². The van der Waals surface area contributed by atoms with E-state index in [4.69, 9.17) is 9.84 Å². The van der Waals surface area contributed by atoms with Crippen molar-refractivity contribution < 1.29 is 27.9 Å². The van der Waals surface area contributed by atoms with Crippen molar-refractivity contribution in [3.8, 4) is 5.75 Å². The Labute approximate surface area is 173 Å². The number of hydrogen-bond acceptors (Lipinski definition) is 6. The average Bonchev–Trinajstić information content (AvgIpc) is 2.66. The van der Waals surface area contributed by atoms with Crippen LogP contribution in [-0.2, 0) is 14.8 Å². The van der Waals surface area contributed by atoms with E-state index in [0.29, 0.717) is 10.5 Å². The number of amides is 1. The van der Waals surface area contributed by atoms with E-state index >= 15 is 0 Å². The van der Waals surface area contributed by atoms with E-state index in [2.05, 4.69) is 4.72 Å². The highest BCUT2D eigenvalue weighted by Crippen LogP contribution is 2.29. The van der Waals surface area contributed by atoms with E-state index in [1.165, 1.54) is 30.2 Å². The Balaban J connectivity index is 2.35. The minimum atomic E-state index is -4.04. The van der Waals surface area contributed by atoms with E-state index in [1.54, 1.807) is 44.4 Å². The third kappa shape index (κ3) is 6.26. The van der Waals surface area contributed by atoms with Crippen molar-refractivity contribution in [2.24, 2.45) is 0 Å². The maximum absolute atomic E-state index is 12.9. The molecule has 0 atom stereocenters. The molecular formula is C19H20N2O6S2. The third-order valence-electron chi connectivity index (χ3n) is 3.55. The number of sulfonamides is 1. The molecule has 0 saturated carbocycles. The van der Waals surface area contributed by atoms with Crippen molar-refractivity contribution in [1.82, 2.24) is 4.90 Å². The molecule has 0 aliphatic heterocycles. The van der Waals surface area contributed by atoms with Gasteiger partial charge in [-0.1, -0.05) is 12.1 Å². The van der Waals surface area contributed by atoms with Crippen LogP contribution in [0.25, 0.3) is 6.08 Å². The quantitative estimate of drug-likeness (QED) is 0.505. The lowest BCUT2D eigenvalue weighted by Crippen LogP contribution is -2.16. The summed E-state index contributed by atoms with van der Waals surface area (Å²) in [5.74, 6) is -1.04. The van der Waals surface area contributed by atoms with Crippen LogP contribution < -0.4 is 9.46 Å². The maximum atomic E-state index is 12.9. The molecule has 0 aliphatic rings. The second kappa shape index (κ2) is 9.48. The minimum Gasteiger partial charge on any atom is -0.495 e. The molecule has 154 valence electrons. The number of anilines is 1. The summed E-state index contributed by atoms with van der Waals surface area (Å²) in [6.45, 7) is 0. The second-order valence-corrected chi connectivity index (χ2v) is 8.65. The highest BCUT2D eigenvalue weighted by molar-refractivity contribution is 8.13. The minimum absolute atomic E-state index is 0.110. The van der Waals surface area contributed by atoms with Gasteiger partial charge in [0.25, 0.3) is 15.3 Å². The zero-order valence-electron chi connectivity index (χ0n) is 15.9. The standard InChI is InChI=1S/C19H20N2O6S2/c1-21(2)19(24)28-15-6-4-5-14(12-15)20-29(25,26)17-11-13(8-10-18(22)23)7-9-16(17)27-3/h4-12,20H,1-3H3,(H,22,23)/b10-8+. The Kier molecular flexibility index (Phi) is 7.29. The zero-order valence-corrected chi connectivity index (χ0v) is 17.6. The maximum Gasteiger partial charge on any atom is 0.328 e. The summed E-state index contributed by atoms with van der Waals surface area (Å²) in [7, 11) is 0.549. The summed E-state index contributed by atoms with van der Waals surface area (Å²) in [4.78, 5) is 24.4. The van der Waals surface area contributed by atoms with Crippen molar-refractivity contribution in [1.29, 1.82) is 0 Å². The van der Waals surface area contributed by atoms with Crippen LogP contribution in [0.3, 0.4) is 0 Å². The molecule has 29 heavy (non-hydrogen) atoms. The first kappa shape index (κ1) is 22.3. The van der Waals surface area contributed by atoms with Crippen LogP contribution in [0, 0.1) is 0 Å². The number of carboxylic acids is 1. The Bertz CT molecular complexity index is 1050. The normalized spacial score (nSPS) is 11.3. The van der Waals surface area contributed by atoms with E-state index < -0.39 is 16.0 Å². The number of rotatable bonds is 7. The summed E-state index contributed by atoms with van der Waals surface area (Å²) in [5, 5.41) is 8.56. The van der Waals surface area contributed by atoms with Gasteiger partial charge in [-0.25, -0.2) is 13.2 Å². The van der Waals surface area contributed by atoms with E-state index in [0.717, 1.165) is 17.8 Å². The van der Waals surface area contributed by atoms with E-state index in [1.807, 2.05) is 0 Å². The molecule has 0 aliphatic carbocycles. The summed E-state index contributed by atoms with van der Waals surface area (Å²) >= 11 is 0.970. The fraction of sp³-hybridized carbons (Fsp3) is 0.158. The number of nitrogens with zero attached hydrogens (tertiary/aromatic N) is 1. The molecule has 0 unspecified atom stereocenters. The van der Waals surface area contributed by atoms with Gasteiger partial charge >= 0.3 is 5.97 Å². The SMILES string of the molecule is COc1ccc(/C=C/C(=O)O)cc1S(=O)(=O)Nc1cccc(SC(=O)N(C)C)c1. The number of methoxy groups -OCH3 is 1. The summed E-state index contributed by atoms with van der Waals surface area (Å²) in [6.07, 6.45) is 2.19. The summed E-state index contributed by atoms with van der Waals surface area (Å²) in [5.41, 5.74) is 0.657. The van der Waals surface area contributed by atoms with Crippen LogP contribution in [0.4, 0.5) is 10.5 Å². The number of ether oxygens (including phenoxy) is 1. The predicted molar refractivity (Wildman–Crippen MR) is 112 cm³/mol. The first-order chi connectivity index (χ1) is 13.6. The molecule has 2 aromatic carbocycles. The summed E-state index contributed by atoms with van der Waals surface area (Å²) < 4.78 is 33.4. The van der Waals surface area contributed by atoms with Crippen LogP contribution in [0.5, 0.6) is 5.75 Å². The first-order valence-electron chi connectivity index (χ1n) is 8.23. The number of thioether (sulfide) groups is 1. The van der Waals surface area contributed by atoms with Gasteiger partial charge in [0.2, 0.25) is 0 Å². The lowest BCUT2D eigenvalue weighted by atomic mass is 10.2. The Morgan fingerprint density at radius 1 is 1.17 bits per heavy atom. The van der Waals surface area contributed by atoms with Crippen molar-refractivity contribution in [3.63, 3.8) is 0 Å². The number of hydrogen-bond donors (Lipinski definition) is 2. The number of nitrogens with one attached hydrogen (secondary N) is 1. The Morgan fingerprint density at radius 3 is 2.52 bits per heavy atom. The number of benzene rings is 2. The van der Waals surface area contributed by atoms with Gasteiger partial charge in [0.1, 0.15) is 10.6 Å². The van der Waals surface area contributed by atoms with Gasteiger partial charge in [-0.3, -0.25) is 9.52 Å². The smallest absolute Gasteiger partial charge is 0.328 e. The Morgan fingerprint density at radius 2 is 1.90 bits per heavy atom. The molecule has 0 heterocycles. The molecule has 10 heteroatoms. The molecule has 1 amide bonds. The molecule has 0 spiro atoms. The van der Waals surface area contributed by atoms with Crippen molar-refractivity contribution in [2.75, 3.05) is 25.9 Å². The molecule has 0 bridgehead atoms. The molecule has 2 N–H and O–H groups in total. The molecule has 2 rings (SSSR count). The molecule has 0 saturated heterocycles. The highest BCUT2D eigenvalue weighted by Gasteiger charge is 2.20. The number of carboxylic acid groups (broad SMARTS) is 1. The fourth-order valence-electron chi connectivity index (χ4n) is 2.20. The van der Waals surface area contributed by atoms with Crippen LogP contribution in [0.1, 0.15) is 5.56 Å². The van der Waals surface area contributed by atoms with Gasteiger partial charge in [0.05, 0.1) is 7.11 Å². The third-order valence-corrected chi connectivity index (χ3v) is 5.98. The van der Waals surface area contributed by atoms with Gasteiger partial charge in [0.15, 0.2) is 0 Å². The van der Waals surface area contributed by atoms with Gasteiger partial charge in [-0.05, 0) is 53.7 Å². The van der Waals surface area contributed by atoms with Crippen LogP contribution in [0.15, 0.2) is 58.3 Å². The van der Waals surface area contributed by atoms with Crippen LogP contribution >= 0.6 is 11.8 Å². The Hall–Kier alpha value is -2.98. The molecule has 8 nitrogen and oxygen atoms in total. The van der Waals surface area contributed by atoms with E-state index in [-0.39, 0.29) is 21.6 Å². The predicted octanol–water partition coefficient (Wildman–Crippen LogP) is 3.37. The molecule has 0 fully saturated rings. The van der Waals surface area contributed by atoms with Crippen molar-refractivity contribution >= 4 is 44.8 Å². The fourth-order valence-corrected chi connectivity index (χ4v) is 4.17. The van der Waals surface area contributed by atoms with Crippen LogP contribution in [0.2, 0.25) is 0 Å². The number of carbonyl (C=O) groups is 2. The molecule has 2 aromatic rings. The number of aliphatic carboxylic acids is 1. The lowest BCUT2D eigenvalue weighted by molar-refractivity contribution is -0.131. The largest absolute Gasteiger partial charge is 0.495 e. The van der Waals surface area contributed by atoms with Gasteiger partial charge < -0.3 is 14.7 Å². The van der Waals surface area contributed by atoms with Gasteiger partial charge in [0, 0.05) is 30.8 Å². The first-order valence-corrected chi connectivity index (χ1v) is 10.5. The van der Waals surface area contributed by atoms with Crippen molar-refractivity contribution in [2.45, 2.75) is 9.79 Å². The van der Waals surface area contributed by atoms with Crippen LogP contribution in [-0.4, -0.2) is 50.8 Å². The lowest BCUT2D eigenvalue weighted by Gasteiger charge is -2.13. The van der Waals surface area contributed by atoms with Gasteiger partial charge in [-0.15, -0.1) is 0 Å². The monoisotopic (exact) mass is 436 g/mol. The molecule has 0 aromatic heterocycles. The van der Waals surface area contributed by atoms with Gasteiger partial charge in [-0.2, -0.15) is 0 Å². The average molecular weight is 437 g/mol. The zero-order chi connectivity index (χ0) is 21.6. The number of carbonyl (C=O) groups excluding carboxylic acids is 1. The van der Waals surface area contributed by atoms with Crippen molar-refractivity contribution in [3.05, 3.63) is 54.1 Å². The second-order valence-electron chi connectivity index (χ2n) is 5.98. The highest BCUT2D eigenvalue weighted by atomic mass is 32.2. The summed E-state index contributed by atoms with van der Waals surface area (Å²) in [6, 6.07) is 10.7. The molecule has 0 radical (unpaired) electrons.